The first kappa shape index (κ1) is 16.3. The van der Waals surface area contributed by atoms with Crippen molar-refractivity contribution in [2.75, 3.05) is 26.4 Å². The lowest BCUT2D eigenvalue weighted by molar-refractivity contribution is -0.134. The molecule has 1 aromatic heterocycles. The van der Waals surface area contributed by atoms with Crippen LogP contribution in [0.3, 0.4) is 0 Å². The van der Waals surface area contributed by atoms with Crippen LogP contribution in [0.1, 0.15) is 29.6 Å². The van der Waals surface area contributed by atoms with Crippen LogP contribution in [-0.2, 0) is 4.79 Å². The number of nitrogens with zero attached hydrogens (tertiary/aromatic N) is 3. The number of nitrogen functional groups attached to an aromatic ring is 1. The molecule has 4 rings (SSSR count). The Bertz CT molecular complexity index is 849. The van der Waals surface area contributed by atoms with Crippen LogP contribution in [0.5, 0.6) is 0 Å². The second-order valence-electron chi connectivity index (χ2n) is 7.27. The third-order valence-electron chi connectivity index (χ3n) is 5.71. The molecule has 132 valence electrons. The summed E-state index contributed by atoms with van der Waals surface area (Å²) in [6, 6.07) is 5.77. The van der Waals surface area contributed by atoms with Crippen LogP contribution in [0.2, 0.25) is 0 Å². The van der Waals surface area contributed by atoms with E-state index in [-0.39, 0.29) is 17.9 Å². The zero-order valence-corrected chi connectivity index (χ0v) is 15.3. The lowest BCUT2D eigenvalue weighted by atomic mass is 9.88. The van der Waals surface area contributed by atoms with Crippen LogP contribution in [0, 0.1) is 11.8 Å². The molecule has 25 heavy (non-hydrogen) atoms. The van der Waals surface area contributed by atoms with Gasteiger partial charge >= 0.3 is 0 Å². The molecular weight excluding hydrogens is 336 g/mol. The van der Waals surface area contributed by atoms with Crippen molar-refractivity contribution < 1.29 is 9.59 Å². The normalized spacial score (nSPS) is 26.1. The highest BCUT2D eigenvalue weighted by Crippen LogP contribution is 2.40. The number of fused-ring (bicyclic) bond motifs is 2. The van der Waals surface area contributed by atoms with Gasteiger partial charge in [0.15, 0.2) is 5.13 Å². The van der Waals surface area contributed by atoms with Gasteiger partial charge in [-0.05, 0) is 42.9 Å². The van der Waals surface area contributed by atoms with Crippen molar-refractivity contribution in [3.8, 4) is 0 Å². The minimum absolute atomic E-state index is 0.0109. The number of piperidine rings is 1. The van der Waals surface area contributed by atoms with Gasteiger partial charge < -0.3 is 15.5 Å². The SMILES string of the molecule is CN1C[C@H]2C[C@@H](N(C)C(=O)c3ccc4sc(N)nc4c3)C[C@H]2CC1=O. The molecule has 1 saturated carbocycles. The Hall–Kier alpha value is -2.15. The Morgan fingerprint density at radius 1 is 1.36 bits per heavy atom. The Labute approximate surface area is 150 Å². The monoisotopic (exact) mass is 358 g/mol. The summed E-state index contributed by atoms with van der Waals surface area (Å²) in [7, 11) is 3.74. The Morgan fingerprint density at radius 2 is 2.12 bits per heavy atom. The van der Waals surface area contributed by atoms with Crippen molar-refractivity contribution in [3.63, 3.8) is 0 Å². The highest BCUT2D eigenvalue weighted by molar-refractivity contribution is 7.22. The number of benzene rings is 1. The molecule has 0 unspecified atom stereocenters. The topological polar surface area (TPSA) is 79.5 Å². The molecule has 2 heterocycles. The smallest absolute Gasteiger partial charge is 0.253 e. The van der Waals surface area contributed by atoms with Gasteiger partial charge in [0.2, 0.25) is 5.91 Å². The fourth-order valence-corrected chi connectivity index (χ4v) is 4.97. The first-order valence-electron chi connectivity index (χ1n) is 8.59. The van der Waals surface area contributed by atoms with Crippen LogP contribution in [0.25, 0.3) is 10.2 Å². The van der Waals surface area contributed by atoms with Gasteiger partial charge in [-0.3, -0.25) is 9.59 Å². The summed E-state index contributed by atoms with van der Waals surface area (Å²) >= 11 is 1.43. The summed E-state index contributed by atoms with van der Waals surface area (Å²) in [5.41, 5.74) is 7.16. The van der Waals surface area contributed by atoms with E-state index in [1.165, 1.54) is 11.3 Å². The molecule has 2 fully saturated rings. The summed E-state index contributed by atoms with van der Waals surface area (Å²) in [6.07, 6.45) is 2.50. The van der Waals surface area contributed by atoms with Crippen molar-refractivity contribution >= 4 is 38.5 Å². The van der Waals surface area contributed by atoms with E-state index in [9.17, 15) is 9.59 Å². The second-order valence-corrected chi connectivity index (χ2v) is 8.34. The molecule has 7 heteroatoms. The molecule has 0 spiro atoms. The van der Waals surface area contributed by atoms with Crippen molar-refractivity contribution in [1.82, 2.24) is 14.8 Å². The molecule has 1 aliphatic carbocycles. The molecule has 1 aliphatic heterocycles. The van der Waals surface area contributed by atoms with E-state index in [4.69, 9.17) is 5.73 Å². The van der Waals surface area contributed by atoms with Crippen LogP contribution in [0.4, 0.5) is 5.13 Å². The average Bonchev–Trinajstić information content (AvgIpc) is 3.15. The summed E-state index contributed by atoms with van der Waals surface area (Å²) in [5.74, 6) is 1.15. The van der Waals surface area contributed by atoms with Crippen LogP contribution in [-0.4, -0.2) is 53.3 Å². The number of carbonyl (C=O) groups excluding carboxylic acids is 2. The number of nitrogens with two attached hydrogens (primary N) is 1. The van der Waals surface area contributed by atoms with Gasteiger partial charge in [-0.25, -0.2) is 4.98 Å². The molecule has 0 radical (unpaired) electrons. The first-order valence-corrected chi connectivity index (χ1v) is 9.41. The first-order chi connectivity index (χ1) is 11.9. The van der Waals surface area contributed by atoms with E-state index in [2.05, 4.69) is 4.98 Å². The van der Waals surface area contributed by atoms with Crippen molar-refractivity contribution in [2.24, 2.45) is 11.8 Å². The molecule has 2 aromatic rings. The third-order valence-corrected chi connectivity index (χ3v) is 6.57. The number of aromatic nitrogens is 1. The number of likely N-dealkylation sites (tertiary alicyclic amines) is 1. The molecule has 2 amide bonds. The van der Waals surface area contributed by atoms with Crippen LogP contribution >= 0.6 is 11.3 Å². The van der Waals surface area contributed by atoms with Gasteiger partial charge in [0.1, 0.15) is 0 Å². The molecule has 2 aliphatic rings. The van der Waals surface area contributed by atoms with Gasteiger partial charge in [0.05, 0.1) is 10.2 Å². The molecule has 1 aromatic carbocycles. The summed E-state index contributed by atoms with van der Waals surface area (Å²) < 4.78 is 0.991. The average molecular weight is 358 g/mol. The third kappa shape index (κ3) is 2.86. The Kier molecular flexibility index (Phi) is 3.91. The predicted octanol–water partition coefficient (Wildman–Crippen LogP) is 2.21. The van der Waals surface area contributed by atoms with Gasteiger partial charge in [0, 0.05) is 38.7 Å². The highest BCUT2D eigenvalue weighted by Gasteiger charge is 2.42. The molecule has 1 saturated heterocycles. The van der Waals surface area contributed by atoms with Gasteiger partial charge in [-0.15, -0.1) is 0 Å². The Balaban J connectivity index is 1.51. The van der Waals surface area contributed by atoms with Crippen LogP contribution < -0.4 is 5.73 Å². The largest absolute Gasteiger partial charge is 0.375 e. The molecule has 2 N–H and O–H groups in total. The lowest BCUT2D eigenvalue weighted by Gasteiger charge is -2.31. The van der Waals surface area contributed by atoms with E-state index >= 15 is 0 Å². The standard InChI is InChI=1S/C18H22N4O2S/c1-21-9-12-6-13(5-11(12)8-16(21)23)22(2)17(24)10-3-4-15-14(7-10)20-18(19)25-15/h3-4,7,11-13H,5-6,8-9H2,1-2H3,(H2,19,20)/t11-,12+,13-/m0/s1. The minimum atomic E-state index is 0.0109. The van der Waals surface area contributed by atoms with E-state index in [0.29, 0.717) is 29.0 Å². The number of anilines is 1. The predicted molar refractivity (Wildman–Crippen MR) is 98.4 cm³/mol. The maximum atomic E-state index is 12.9. The summed E-state index contributed by atoms with van der Waals surface area (Å²) in [4.78, 5) is 32.8. The van der Waals surface area contributed by atoms with Gasteiger partial charge in [-0.1, -0.05) is 11.3 Å². The zero-order chi connectivity index (χ0) is 17.7. The number of amides is 2. The number of carbonyl (C=O) groups is 2. The van der Waals surface area contributed by atoms with E-state index in [1.807, 2.05) is 42.1 Å². The zero-order valence-electron chi connectivity index (χ0n) is 14.4. The Morgan fingerprint density at radius 3 is 2.92 bits per heavy atom. The van der Waals surface area contributed by atoms with E-state index in [1.54, 1.807) is 0 Å². The maximum absolute atomic E-state index is 12.9. The molecule has 6 nitrogen and oxygen atoms in total. The van der Waals surface area contributed by atoms with Crippen molar-refractivity contribution in [1.29, 1.82) is 0 Å². The number of rotatable bonds is 2. The fourth-order valence-electron chi connectivity index (χ4n) is 4.25. The van der Waals surface area contributed by atoms with Gasteiger partial charge in [0.25, 0.3) is 5.91 Å². The number of thiazole rings is 1. The maximum Gasteiger partial charge on any atom is 0.253 e. The number of hydrogen-bond acceptors (Lipinski definition) is 5. The van der Waals surface area contributed by atoms with Gasteiger partial charge in [-0.2, -0.15) is 0 Å². The van der Waals surface area contributed by atoms with Crippen LogP contribution in [0.15, 0.2) is 18.2 Å². The summed E-state index contributed by atoms with van der Waals surface area (Å²) in [5, 5.41) is 0.515. The van der Waals surface area contributed by atoms with E-state index < -0.39 is 0 Å². The minimum Gasteiger partial charge on any atom is -0.375 e. The molecule has 3 atom stereocenters. The summed E-state index contributed by atoms with van der Waals surface area (Å²) in [6.45, 7) is 0.812. The highest BCUT2D eigenvalue weighted by atomic mass is 32.1. The molecule has 0 bridgehead atoms. The molecular formula is C18H22N4O2S. The quantitative estimate of drug-likeness (QED) is 0.893. The second kappa shape index (κ2) is 5.98. The lowest BCUT2D eigenvalue weighted by Crippen LogP contribution is -2.39. The van der Waals surface area contributed by atoms with Crippen molar-refractivity contribution in [2.45, 2.75) is 25.3 Å². The van der Waals surface area contributed by atoms with Crippen molar-refractivity contribution in [3.05, 3.63) is 23.8 Å². The number of hydrogen-bond donors (Lipinski definition) is 1. The fraction of sp³-hybridized carbons (Fsp3) is 0.500. The van der Waals surface area contributed by atoms with E-state index in [0.717, 1.165) is 29.6 Å².